The van der Waals surface area contributed by atoms with Gasteiger partial charge in [-0.25, -0.2) is 0 Å². The molecule has 7 nitrogen and oxygen atoms in total. The first-order chi connectivity index (χ1) is 11.8. The molecule has 1 aliphatic heterocycles. The predicted octanol–water partition coefficient (Wildman–Crippen LogP) is 4.59. The molecule has 1 rings (SSSR count). The van der Waals surface area contributed by atoms with Gasteiger partial charge in [0.25, 0.3) is 0 Å². The van der Waals surface area contributed by atoms with Gasteiger partial charge in [-0.3, -0.25) is 0 Å². The summed E-state index contributed by atoms with van der Waals surface area (Å²) in [6, 6.07) is 2.81. The van der Waals surface area contributed by atoms with Crippen LogP contribution in [-0.4, -0.2) is 51.4 Å². The molecular weight excluding hydrogens is 447 g/mol. The summed E-state index contributed by atoms with van der Waals surface area (Å²) in [5.41, 5.74) is 0. The van der Waals surface area contributed by atoms with E-state index in [0.717, 1.165) is 0 Å². The molecule has 27 heavy (non-hydrogen) atoms. The zero-order chi connectivity index (χ0) is 21.4. The maximum absolute atomic E-state index is 9.10. The standard InChI is InChI=1S/C14H37NO6Si6/c1-22(2)16-23(3,4)18-25(7,8)20-27(11,14-12-13-15)21-26(9,10)19-24(5,6)17-22/h12,14H2,1-11H3. The molecule has 0 spiro atoms. The lowest BCUT2D eigenvalue weighted by Crippen LogP contribution is -2.64. The Kier molecular flexibility index (Phi) is 7.92. The van der Waals surface area contributed by atoms with Crippen LogP contribution in [0.3, 0.4) is 0 Å². The van der Waals surface area contributed by atoms with E-state index in [1.165, 1.54) is 0 Å². The maximum atomic E-state index is 9.10. The van der Waals surface area contributed by atoms with Crippen LogP contribution in [0.4, 0.5) is 0 Å². The van der Waals surface area contributed by atoms with Crippen molar-refractivity contribution in [3.63, 3.8) is 0 Å². The van der Waals surface area contributed by atoms with Gasteiger partial charge in [-0.1, -0.05) is 0 Å². The zero-order valence-corrected chi connectivity index (χ0v) is 24.8. The second-order valence-electron chi connectivity index (χ2n) is 9.40. The molecule has 1 fully saturated rings. The van der Waals surface area contributed by atoms with E-state index in [9.17, 15) is 0 Å². The number of rotatable bonds is 2. The molecule has 13 heteroatoms. The lowest BCUT2D eigenvalue weighted by atomic mass is 10.6. The van der Waals surface area contributed by atoms with Gasteiger partial charge in [0.2, 0.25) is 0 Å². The summed E-state index contributed by atoms with van der Waals surface area (Å²) in [7, 11) is -15.1. The van der Waals surface area contributed by atoms with E-state index < -0.39 is 51.4 Å². The monoisotopic (exact) mass is 483 g/mol. The van der Waals surface area contributed by atoms with Crippen LogP contribution in [0.1, 0.15) is 6.42 Å². The molecule has 158 valence electrons. The van der Waals surface area contributed by atoms with Gasteiger partial charge >= 0.3 is 51.4 Å². The minimum Gasteiger partial charge on any atom is -0.416 e. The van der Waals surface area contributed by atoms with Gasteiger partial charge in [-0.05, 0) is 72.0 Å². The van der Waals surface area contributed by atoms with Crippen molar-refractivity contribution < 1.29 is 24.7 Å². The summed E-state index contributed by atoms with van der Waals surface area (Å²) in [5, 5.41) is 9.10. The predicted molar refractivity (Wildman–Crippen MR) is 121 cm³/mol. The first kappa shape index (κ1) is 25.6. The highest BCUT2D eigenvalue weighted by molar-refractivity contribution is 6.93. The van der Waals surface area contributed by atoms with Crippen LogP contribution < -0.4 is 0 Å². The van der Waals surface area contributed by atoms with Crippen molar-refractivity contribution in [3.05, 3.63) is 0 Å². The second-order valence-corrected chi connectivity index (χ2v) is 31.1. The molecular formula is C14H37NO6Si6. The minimum absolute atomic E-state index is 0.395. The van der Waals surface area contributed by atoms with E-state index in [4.69, 9.17) is 30.0 Å². The van der Waals surface area contributed by atoms with Crippen LogP contribution in [-0.2, 0) is 24.7 Å². The van der Waals surface area contributed by atoms with Crippen LogP contribution in [0.15, 0.2) is 0 Å². The number of nitriles is 1. The molecule has 0 amide bonds. The van der Waals surface area contributed by atoms with E-state index >= 15 is 0 Å². The highest BCUT2D eigenvalue weighted by atomic mass is 28.5. The van der Waals surface area contributed by atoms with Crippen LogP contribution in [0.2, 0.25) is 78.1 Å². The smallest absolute Gasteiger partial charge is 0.318 e. The molecule has 1 aliphatic rings. The van der Waals surface area contributed by atoms with Crippen LogP contribution in [0.5, 0.6) is 0 Å². The molecule has 0 aliphatic carbocycles. The fourth-order valence-electron chi connectivity index (χ4n) is 3.92. The molecule has 1 heterocycles. The van der Waals surface area contributed by atoms with Crippen molar-refractivity contribution in [2.24, 2.45) is 0 Å². The van der Waals surface area contributed by atoms with E-state index in [2.05, 4.69) is 6.07 Å². The first-order valence-corrected chi connectivity index (χ1v) is 26.0. The SMILES string of the molecule is C[Si]1(C)O[Si](C)(C)O[Si](C)(C)O[Si](C)(CCC#N)O[Si](C)(C)O[Si](C)(C)O1. The Balaban J connectivity index is 3.33. The summed E-state index contributed by atoms with van der Waals surface area (Å²) in [6.07, 6.45) is 0.395. The quantitative estimate of drug-likeness (QED) is 0.531. The van der Waals surface area contributed by atoms with Gasteiger partial charge in [0, 0.05) is 12.5 Å². The molecule has 0 atom stereocenters. The molecule has 0 aromatic carbocycles. The summed E-state index contributed by atoms with van der Waals surface area (Å²) in [6.45, 7) is 22.4. The Morgan fingerprint density at radius 3 is 1.04 bits per heavy atom. The minimum atomic E-state index is -2.67. The van der Waals surface area contributed by atoms with Gasteiger partial charge in [-0.15, -0.1) is 0 Å². The van der Waals surface area contributed by atoms with Crippen molar-refractivity contribution in [3.8, 4) is 6.07 Å². The number of hydrogen-bond donors (Lipinski definition) is 0. The average molecular weight is 484 g/mol. The third-order valence-electron chi connectivity index (χ3n) is 3.58. The molecule has 0 aromatic rings. The summed E-state index contributed by atoms with van der Waals surface area (Å²) in [4.78, 5) is 0. The first-order valence-electron chi connectivity index (χ1n) is 9.38. The lowest BCUT2D eigenvalue weighted by molar-refractivity contribution is 0.237. The van der Waals surface area contributed by atoms with Crippen molar-refractivity contribution in [1.82, 2.24) is 0 Å². The van der Waals surface area contributed by atoms with Crippen LogP contribution >= 0.6 is 0 Å². The summed E-state index contributed by atoms with van der Waals surface area (Å²) < 4.78 is 39.1. The third-order valence-corrected chi connectivity index (χ3v) is 27.9. The normalized spacial score (nSPS) is 29.0. The Bertz CT molecular complexity index is 541. The largest absolute Gasteiger partial charge is 0.416 e. The number of hydrogen-bond acceptors (Lipinski definition) is 7. The highest BCUT2D eigenvalue weighted by Gasteiger charge is 2.52. The number of nitrogens with zero attached hydrogens (tertiary/aromatic N) is 1. The maximum Gasteiger partial charge on any atom is 0.318 e. The Labute approximate surface area is 171 Å². The molecule has 0 aromatic heterocycles. The van der Waals surface area contributed by atoms with Crippen molar-refractivity contribution in [2.75, 3.05) is 0 Å². The Hall–Kier alpha value is 0.551. The molecule has 0 radical (unpaired) electrons. The van der Waals surface area contributed by atoms with Gasteiger partial charge in [0.15, 0.2) is 0 Å². The summed E-state index contributed by atoms with van der Waals surface area (Å²) in [5.74, 6) is 0. The van der Waals surface area contributed by atoms with Gasteiger partial charge < -0.3 is 24.7 Å². The average Bonchev–Trinajstić information content (AvgIpc) is 2.26. The highest BCUT2D eigenvalue weighted by Crippen LogP contribution is 2.32. The van der Waals surface area contributed by atoms with Crippen molar-refractivity contribution in [2.45, 2.75) is 84.5 Å². The van der Waals surface area contributed by atoms with Gasteiger partial charge in [-0.2, -0.15) is 5.26 Å². The molecule has 0 unspecified atom stereocenters. The lowest BCUT2D eigenvalue weighted by Gasteiger charge is -2.47. The van der Waals surface area contributed by atoms with E-state index in [1.807, 2.05) is 72.0 Å². The van der Waals surface area contributed by atoms with Crippen LogP contribution in [0.25, 0.3) is 0 Å². The van der Waals surface area contributed by atoms with E-state index in [-0.39, 0.29) is 0 Å². The van der Waals surface area contributed by atoms with Crippen molar-refractivity contribution >= 4 is 51.4 Å². The molecule has 0 N–H and O–H groups in total. The second kappa shape index (κ2) is 8.35. The van der Waals surface area contributed by atoms with Crippen molar-refractivity contribution in [1.29, 1.82) is 5.26 Å². The summed E-state index contributed by atoms with van der Waals surface area (Å²) >= 11 is 0. The molecule has 0 saturated carbocycles. The third kappa shape index (κ3) is 9.27. The van der Waals surface area contributed by atoms with E-state index in [1.54, 1.807) is 0 Å². The zero-order valence-electron chi connectivity index (χ0n) is 18.8. The Morgan fingerprint density at radius 1 is 0.519 bits per heavy atom. The van der Waals surface area contributed by atoms with Gasteiger partial charge in [0.05, 0.1) is 6.07 Å². The Morgan fingerprint density at radius 2 is 0.778 bits per heavy atom. The van der Waals surface area contributed by atoms with E-state index in [0.29, 0.717) is 12.5 Å². The fourth-order valence-corrected chi connectivity index (χ4v) is 35.8. The fraction of sp³-hybridized carbons (Fsp3) is 0.929. The molecule has 1 saturated heterocycles. The van der Waals surface area contributed by atoms with Crippen LogP contribution in [0, 0.1) is 11.3 Å². The topological polar surface area (TPSA) is 79.2 Å². The van der Waals surface area contributed by atoms with Gasteiger partial charge in [0.1, 0.15) is 0 Å². The molecule has 0 bridgehead atoms.